The molecule has 0 spiro atoms. The Labute approximate surface area is 236 Å². The van der Waals surface area contributed by atoms with Gasteiger partial charge in [-0.15, -0.1) is 0 Å². The number of nitrogens with one attached hydrogen (secondary N) is 2. The molecule has 0 amide bonds. The summed E-state index contributed by atoms with van der Waals surface area (Å²) in [6, 6.07) is 7.10. The van der Waals surface area contributed by atoms with Gasteiger partial charge in [0.05, 0.1) is 12.7 Å². The zero-order valence-electron chi connectivity index (χ0n) is 22.7. The Morgan fingerprint density at radius 2 is 1.83 bits per heavy atom. The molecule has 1 fully saturated rings. The Kier molecular flexibility index (Phi) is 10.1. The van der Waals surface area contributed by atoms with Gasteiger partial charge >= 0.3 is 31.6 Å². The molecule has 0 saturated carbocycles. The van der Waals surface area contributed by atoms with E-state index in [-0.39, 0.29) is 5.75 Å². The monoisotopic (exact) mass is 623 g/mol. The lowest BCUT2D eigenvalue weighted by atomic mass is 9.96. The molecule has 3 N–H and O–H groups in total. The van der Waals surface area contributed by atoms with E-state index in [9.17, 15) is 42.0 Å². The maximum absolute atomic E-state index is 13.8. The Morgan fingerprint density at radius 1 is 1.19 bits per heavy atom. The third-order valence-corrected chi connectivity index (χ3v) is 7.37. The normalized spacial score (nSPS) is 24.5. The molecule has 232 valence electrons. The van der Waals surface area contributed by atoms with E-state index in [1.54, 1.807) is 19.9 Å². The zero-order chi connectivity index (χ0) is 31.5. The molecule has 1 aromatic heterocycles. The van der Waals surface area contributed by atoms with Gasteiger partial charge in [0.15, 0.2) is 12.3 Å². The van der Waals surface area contributed by atoms with Gasteiger partial charge in [-0.3, -0.25) is 23.7 Å². The SMILES string of the molecule is CC(C)OC(=O)[C@H](C)N[P@](=O)(OC[C@H]1O[C@@H](n2ccc(=O)[nH]c2=O)[C@@](C)(O)[C@@H]1OC(=O)C(F)(F)F)Oc1ccccc1. The Bertz CT molecular complexity index is 1430. The minimum Gasteiger partial charge on any atom is -0.462 e. The fourth-order valence-electron chi connectivity index (χ4n) is 3.86. The van der Waals surface area contributed by atoms with Crippen LogP contribution in [0.15, 0.2) is 52.2 Å². The number of aliphatic hydroxyl groups is 1. The van der Waals surface area contributed by atoms with E-state index in [0.29, 0.717) is 4.57 Å². The molecule has 18 heteroatoms. The highest BCUT2D eigenvalue weighted by Crippen LogP contribution is 2.47. The number of hydrogen-bond donors (Lipinski definition) is 3. The number of para-hydroxylation sites is 1. The van der Waals surface area contributed by atoms with E-state index >= 15 is 0 Å². The van der Waals surface area contributed by atoms with Crippen molar-refractivity contribution in [3.05, 3.63) is 63.4 Å². The summed E-state index contributed by atoms with van der Waals surface area (Å²) in [6.45, 7) is 4.42. The first kappa shape index (κ1) is 33.0. The third-order valence-electron chi connectivity index (χ3n) is 5.72. The second-order valence-electron chi connectivity index (χ2n) is 9.63. The van der Waals surface area contributed by atoms with Gasteiger partial charge in [-0.05, 0) is 39.8 Å². The lowest BCUT2D eigenvalue weighted by molar-refractivity contribution is -0.214. The summed E-state index contributed by atoms with van der Waals surface area (Å²) in [5.74, 6) is -3.52. The number of nitrogens with zero attached hydrogens (tertiary/aromatic N) is 1. The predicted octanol–water partition coefficient (Wildman–Crippen LogP) is 1.79. The van der Waals surface area contributed by atoms with E-state index < -0.39 is 79.9 Å². The van der Waals surface area contributed by atoms with E-state index in [1.807, 2.05) is 4.98 Å². The fraction of sp³-hybridized carbons (Fsp3) is 0.500. The van der Waals surface area contributed by atoms with Crippen LogP contribution in [0.1, 0.15) is 33.9 Å². The topological polar surface area (TPSA) is 184 Å². The smallest absolute Gasteiger partial charge is 0.462 e. The average Bonchev–Trinajstić information content (AvgIpc) is 3.11. The van der Waals surface area contributed by atoms with Gasteiger partial charge in [-0.2, -0.15) is 18.3 Å². The number of aromatic amines is 1. The molecule has 0 radical (unpaired) electrons. The molecule has 3 rings (SSSR count). The Balaban J connectivity index is 1.94. The van der Waals surface area contributed by atoms with Crippen molar-refractivity contribution in [2.45, 2.75) is 70.1 Å². The minimum absolute atomic E-state index is 0.00909. The lowest BCUT2D eigenvalue weighted by Gasteiger charge is -2.30. The fourth-order valence-corrected chi connectivity index (χ4v) is 5.36. The molecule has 1 aromatic carbocycles. The number of ether oxygens (including phenoxy) is 3. The summed E-state index contributed by atoms with van der Waals surface area (Å²) in [5.41, 5.74) is -4.44. The van der Waals surface area contributed by atoms with Crippen LogP contribution in [0.4, 0.5) is 13.2 Å². The van der Waals surface area contributed by atoms with E-state index in [1.165, 1.54) is 31.2 Å². The quantitative estimate of drug-likeness (QED) is 0.244. The molecule has 1 aliphatic rings. The standard InChI is InChI=1S/C24H29F3N3O11P/c1-13(2)38-19(32)14(3)29-42(36,41-15-8-6-5-7-9-15)37-12-16-18(40-21(33)24(25,26)27)23(4,35)20(39-16)30-11-10-17(31)28-22(30)34/h5-11,13-14,16,18,20,35H,12H2,1-4H3,(H,29,36)(H,28,31,34)/t14-,16+,18+,20+,23-,42-/m0/s1. The first-order valence-corrected chi connectivity index (χ1v) is 13.9. The number of carbonyl (C=O) groups is 2. The van der Waals surface area contributed by atoms with Gasteiger partial charge in [0, 0.05) is 12.3 Å². The highest BCUT2D eigenvalue weighted by atomic mass is 31.2. The first-order chi connectivity index (χ1) is 19.4. The van der Waals surface area contributed by atoms with Crippen molar-refractivity contribution in [1.82, 2.24) is 14.6 Å². The predicted molar refractivity (Wildman–Crippen MR) is 136 cm³/mol. The maximum atomic E-state index is 13.8. The van der Waals surface area contributed by atoms with Crippen LogP contribution in [0.3, 0.4) is 0 Å². The second-order valence-corrected chi connectivity index (χ2v) is 11.3. The highest BCUT2D eigenvalue weighted by Gasteiger charge is 2.59. The molecule has 1 saturated heterocycles. The summed E-state index contributed by atoms with van der Waals surface area (Å²) in [7, 11) is -4.58. The van der Waals surface area contributed by atoms with Crippen LogP contribution in [0, 0.1) is 0 Å². The maximum Gasteiger partial charge on any atom is 0.490 e. The van der Waals surface area contributed by atoms with Gasteiger partial charge < -0.3 is 23.8 Å². The van der Waals surface area contributed by atoms with E-state index in [2.05, 4.69) is 9.82 Å². The number of halogens is 3. The Morgan fingerprint density at radius 3 is 2.40 bits per heavy atom. The van der Waals surface area contributed by atoms with Crippen molar-refractivity contribution in [3.63, 3.8) is 0 Å². The van der Waals surface area contributed by atoms with Crippen molar-refractivity contribution < 1.29 is 55.7 Å². The summed E-state index contributed by atoms with van der Waals surface area (Å²) in [4.78, 5) is 49.9. The number of carbonyl (C=O) groups excluding carboxylic acids is 2. The van der Waals surface area contributed by atoms with Crippen molar-refractivity contribution in [1.29, 1.82) is 0 Å². The molecular formula is C24H29F3N3O11P. The van der Waals surface area contributed by atoms with E-state index in [0.717, 1.165) is 19.2 Å². The average molecular weight is 623 g/mol. The summed E-state index contributed by atoms with van der Waals surface area (Å²) < 4.78 is 79.8. The number of aromatic nitrogens is 2. The van der Waals surface area contributed by atoms with Crippen LogP contribution in [-0.2, 0) is 32.9 Å². The number of esters is 2. The third kappa shape index (κ3) is 8.07. The van der Waals surface area contributed by atoms with Gasteiger partial charge in [0.2, 0.25) is 0 Å². The van der Waals surface area contributed by atoms with Crippen LogP contribution in [0.2, 0.25) is 0 Å². The van der Waals surface area contributed by atoms with Crippen LogP contribution in [-0.4, -0.2) is 69.3 Å². The molecular weight excluding hydrogens is 594 g/mol. The molecule has 6 atom stereocenters. The number of alkyl halides is 3. The number of hydrogen-bond acceptors (Lipinski definition) is 11. The molecule has 0 aliphatic carbocycles. The van der Waals surface area contributed by atoms with E-state index in [4.69, 9.17) is 18.5 Å². The van der Waals surface area contributed by atoms with Gasteiger partial charge in [0.25, 0.3) is 5.56 Å². The van der Waals surface area contributed by atoms with Gasteiger partial charge in [0.1, 0.15) is 23.5 Å². The first-order valence-electron chi connectivity index (χ1n) is 12.4. The second kappa shape index (κ2) is 12.8. The highest BCUT2D eigenvalue weighted by molar-refractivity contribution is 7.52. The molecule has 0 unspecified atom stereocenters. The van der Waals surface area contributed by atoms with Crippen LogP contribution in [0.25, 0.3) is 0 Å². The molecule has 1 aliphatic heterocycles. The summed E-state index contributed by atoms with van der Waals surface area (Å²) in [5, 5.41) is 13.5. The molecule has 14 nitrogen and oxygen atoms in total. The number of benzene rings is 1. The molecule has 0 bridgehead atoms. The van der Waals surface area contributed by atoms with Crippen LogP contribution < -0.4 is 20.9 Å². The summed E-state index contributed by atoms with van der Waals surface area (Å²) in [6.07, 6.45) is -10.9. The largest absolute Gasteiger partial charge is 0.490 e. The van der Waals surface area contributed by atoms with Crippen molar-refractivity contribution in [2.75, 3.05) is 6.61 Å². The van der Waals surface area contributed by atoms with Crippen LogP contribution >= 0.6 is 7.75 Å². The molecule has 42 heavy (non-hydrogen) atoms. The zero-order valence-corrected chi connectivity index (χ0v) is 23.6. The lowest BCUT2D eigenvalue weighted by Crippen LogP contribution is -2.50. The van der Waals surface area contributed by atoms with Crippen molar-refractivity contribution >= 4 is 19.7 Å². The van der Waals surface area contributed by atoms with Crippen molar-refractivity contribution in [2.24, 2.45) is 0 Å². The van der Waals surface area contributed by atoms with Crippen LogP contribution in [0.5, 0.6) is 5.75 Å². The van der Waals surface area contributed by atoms with Gasteiger partial charge in [-0.25, -0.2) is 14.2 Å². The van der Waals surface area contributed by atoms with Gasteiger partial charge in [-0.1, -0.05) is 18.2 Å². The van der Waals surface area contributed by atoms with Crippen molar-refractivity contribution in [3.8, 4) is 5.75 Å². The number of rotatable bonds is 11. The molecule has 2 heterocycles. The summed E-state index contributed by atoms with van der Waals surface area (Å²) >= 11 is 0. The Hall–Kier alpha value is -3.50. The minimum atomic E-state index is -5.48. The molecule has 2 aromatic rings. The number of H-pyrrole nitrogens is 1.